The van der Waals surface area contributed by atoms with Gasteiger partial charge in [-0.3, -0.25) is 4.79 Å². The van der Waals surface area contributed by atoms with E-state index in [1.54, 1.807) is 24.7 Å². The minimum Gasteiger partial charge on any atom is -0.407 e. The number of nitrogens with zero attached hydrogens (tertiary/aromatic N) is 3. The lowest BCUT2D eigenvalue weighted by Gasteiger charge is -2.19. The molecule has 0 saturated heterocycles. The van der Waals surface area contributed by atoms with Crippen LogP contribution < -0.4 is 9.92 Å². The average molecular weight is 408 g/mol. The predicted octanol–water partition coefficient (Wildman–Crippen LogP) is 3.77. The molecule has 3 atom stereocenters. The summed E-state index contributed by atoms with van der Waals surface area (Å²) < 4.78 is 7.35. The summed E-state index contributed by atoms with van der Waals surface area (Å²) in [5.74, 6) is -0.325. The number of benzene rings is 1. The summed E-state index contributed by atoms with van der Waals surface area (Å²) >= 11 is 0. The normalized spacial score (nSPS) is 25.9. The average Bonchev–Trinajstić information content (AvgIpc) is 3.15. The Bertz CT molecular complexity index is 1030. The van der Waals surface area contributed by atoms with Gasteiger partial charge in [-0.1, -0.05) is 55.2 Å². The van der Waals surface area contributed by atoms with Crippen LogP contribution in [0.4, 0.5) is 0 Å². The Hall–Kier alpha value is -2.65. The fraction of sp³-hybridized carbons (Fsp3) is 0.435. The molecule has 0 amide bonds. The molecule has 1 heterocycles. The zero-order valence-electron chi connectivity index (χ0n) is 18.3. The zero-order valence-corrected chi connectivity index (χ0v) is 19.3. The number of carbonyl (C=O) groups is 1. The van der Waals surface area contributed by atoms with Crippen molar-refractivity contribution in [2.45, 2.75) is 45.8 Å². The third-order valence-corrected chi connectivity index (χ3v) is 8.58. The number of aromatic nitrogens is 2. The molecule has 6 heteroatoms. The second kappa shape index (κ2) is 6.70. The van der Waals surface area contributed by atoms with Gasteiger partial charge in [0, 0.05) is 18.5 Å². The maximum absolute atomic E-state index is 13.3. The van der Waals surface area contributed by atoms with Crippen LogP contribution in [0.3, 0.4) is 0 Å². The van der Waals surface area contributed by atoms with E-state index in [-0.39, 0.29) is 5.92 Å². The Balaban J connectivity index is 2.01. The summed E-state index contributed by atoms with van der Waals surface area (Å²) in [4.78, 5) is 13.3. The molecule has 0 N–H and O–H groups in total. The van der Waals surface area contributed by atoms with Crippen molar-refractivity contribution in [3.05, 3.63) is 53.7 Å². The molecule has 3 rings (SSSR count). The molecular weight excluding hydrogens is 378 g/mol. The number of nitriles is 1. The zero-order chi connectivity index (χ0) is 21.8. The number of hydrogen-bond donors (Lipinski definition) is 0. The summed E-state index contributed by atoms with van der Waals surface area (Å²) in [7, 11) is 0.292. The molecular formula is C23H29N3O2Si. The van der Waals surface area contributed by atoms with Crippen LogP contribution in [0, 0.1) is 36.5 Å². The van der Waals surface area contributed by atoms with E-state index in [9.17, 15) is 10.1 Å². The Kier molecular flexibility index (Phi) is 4.87. The first-order valence-electron chi connectivity index (χ1n) is 9.82. The monoisotopic (exact) mass is 407 g/mol. The highest BCUT2D eigenvalue weighted by atomic mass is 28.3. The molecule has 0 radical (unpaired) electrons. The van der Waals surface area contributed by atoms with E-state index in [0.29, 0.717) is 5.88 Å². The molecule has 1 saturated carbocycles. The Morgan fingerprint density at radius 3 is 2.31 bits per heavy atom. The first kappa shape index (κ1) is 21.1. The van der Waals surface area contributed by atoms with E-state index in [2.05, 4.69) is 49.5 Å². The number of ether oxygens (including phenoxy) is 1. The maximum atomic E-state index is 13.3. The van der Waals surface area contributed by atoms with E-state index >= 15 is 0 Å². The van der Waals surface area contributed by atoms with Crippen molar-refractivity contribution in [3.63, 3.8) is 0 Å². The first-order valence-corrected chi connectivity index (χ1v) is 13.3. The molecule has 29 heavy (non-hydrogen) atoms. The molecule has 0 spiro atoms. The lowest BCUT2D eigenvalue weighted by atomic mass is 9.88. The van der Waals surface area contributed by atoms with Crippen molar-refractivity contribution in [2.75, 3.05) is 0 Å². The second-order valence-corrected chi connectivity index (χ2v) is 14.3. The molecule has 2 aromatic rings. The molecule has 0 bridgehead atoms. The van der Waals surface area contributed by atoms with Gasteiger partial charge in [0.1, 0.15) is 5.41 Å². The highest BCUT2D eigenvalue weighted by molar-refractivity contribution is 6.88. The maximum Gasteiger partial charge on any atom is 0.321 e. The molecule has 1 aromatic carbocycles. The molecule has 1 fully saturated rings. The standard InChI is InChI=1S/C23H29N3O2Si/c1-9-19-22(4,21(27)28-20-15(2)16(3)25-26(20)5)23(19,14-24)17-10-12-18(13-11-17)29(6,7)8/h9-13,19H,1H2,2-8H3. The largest absolute Gasteiger partial charge is 0.407 e. The Labute approximate surface area is 174 Å². The van der Waals surface area contributed by atoms with Crippen LogP contribution in [-0.2, 0) is 17.3 Å². The van der Waals surface area contributed by atoms with Crippen LogP contribution in [-0.4, -0.2) is 23.8 Å². The molecule has 152 valence electrons. The molecule has 3 unspecified atom stereocenters. The van der Waals surface area contributed by atoms with Crippen LogP contribution in [0.5, 0.6) is 5.88 Å². The Morgan fingerprint density at radius 2 is 1.90 bits per heavy atom. The molecule has 5 nitrogen and oxygen atoms in total. The number of esters is 1. The third kappa shape index (κ3) is 2.87. The van der Waals surface area contributed by atoms with E-state index in [1.165, 1.54) is 5.19 Å². The molecule has 1 aromatic heterocycles. The highest BCUT2D eigenvalue weighted by Gasteiger charge is 2.79. The lowest BCUT2D eigenvalue weighted by molar-refractivity contribution is -0.141. The Morgan fingerprint density at radius 1 is 1.31 bits per heavy atom. The highest BCUT2D eigenvalue weighted by Crippen LogP contribution is 2.70. The third-order valence-electron chi connectivity index (χ3n) is 6.51. The molecule has 1 aliphatic rings. The van der Waals surface area contributed by atoms with Gasteiger partial charge in [-0.2, -0.15) is 10.4 Å². The summed E-state index contributed by atoms with van der Waals surface area (Å²) in [6, 6.07) is 10.6. The fourth-order valence-corrected chi connectivity index (χ4v) is 5.56. The van der Waals surface area contributed by atoms with Crippen molar-refractivity contribution >= 4 is 19.2 Å². The predicted molar refractivity (Wildman–Crippen MR) is 117 cm³/mol. The van der Waals surface area contributed by atoms with Gasteiger partial charge in [0.25, 0.3) is 0 Å². The van der Waals surface area contributed by atoms with E-state index in [4.69, 9.17) is 4.74 Å². The van der Waals surface area contributed by atoms with Crippen LogP contribution in [0.2, 0.25) is 19.6 Å². The molecule has 1 aliphatic carbocycles. The quantitative estimate of drug-likeness (QED) is 0.430. The van der Waals surface area contributed by atoms with Crippen molar-refractivity contribution in [1.82, 2.24) is 9.78 Å². The van der Waals surface area contributed by atoms with E-state index in [1.807, 2.05) is 26.0 Å². The summed E-state index contributed by atoms with van der Waals surface area (Å²) in [5, 5.41) is 15.8. The van der Waals surface area contributed by atoms with E-state index in [0.717, 1.165) is 16.8 Å². The van der Waals surface area contributed by atoms with Crippen molar-refractivity contribution in [1.29, 1.82) is 5.26 Å². The number of hydrogen-bond acceptors (Lipinski definition) is 4. The second-order valence-electron chi connectivity index (χ2n) is 9.19. The van der Waals surface area contributed by atoms with Crippen LogP contribution in [0.25, 0.3) is 0 Å². The van der Waals surface area contributed by atoms with Crippen molar-refractivity contribution in [2.24, 2.45) is 18.4 Å². The SMILES string of the molecule is C=CC1C(C)(C(=O)Oc2c(C)c(C)nn2C)C1(C#N)c1ccc([Si](C)(C)C)cc1. The van der Waals surface area contributed by atoms with Gasteiger partial charge in [-0.15, -0.1) is 6.58 Å². The van der Waals surface area contributed by atoms with Crippen LogP contribution in [0.1, 0.15) is 23.7 Å². The number of allylic oxidation sites excluding steroid dienone is 1. The smallest absolute Gasteiger partial charge is 0.321 e. The van der Waals surface area contributed by atoms with Gasteiger partial charge in [0.2, 0.25) is 5.88 Å². The van der Waals surface area contributed by atoms with E-state index < -0.39 is 24.9 Å². The molecule has 0 aliphatic heterocycles. The van der Waals surface area contributed by atoms with Gasteiger partial charge < -0.3 is 4.74 Å². The number of carbonyl (C=O) groups excluding carboxylic acids is 1. The number of aryl methyl sites for hydroxylation is 2. The summed E-state index contributed by atoms with van der Waals surface area (Å²) in [6.45, 7) is 16.3. The van der Waals surface area contributed by atoms with Gasteiger partial charge in [-0.05, 0) is 26.3 Å². The minimum atomic E-state index is -1.45. The summed E-state index contributed by atoms with van der Waals surface area (Å²) in [6.07, 6.45) is 1.71. The van der Waals surface area contributed by atoms with Gasteiger partial charge >= 0.3 is 5.97 Å². The van der Waals surface area contributed by atoms with Gasteiger partial charge in [0.15, 0.2) is 0 Å². The number of rotatable bonds is 5. The van der Waals surface area contributed by atoms with Crippen molar-refractivity contribution in [3.8, 4) is 11.9 Å². The van der Waals surface area contributed by atoms with Crippen LogP contribution >= 0.6 is 0 Å². The summed E-state index contributed by atoms with van der Waals surface area (Å²) in [5.41, 5.74) is 0.483. The van der Waals surface area contributed by atoms with Crippen molar-refractivity contribution < 1.29 is 9.53 Å². The van der Waals surface area contributed by atoms with Crippen LogP contribution in [0.15, 0.2) is 36.9 Å². The minimum absolute atomic E-state index is 0.320. The first-order chi connectivity index (χ1) is 13.4. The lowest BCUT2D eigenvalue weighted by Crippen LogP contribution is -2.37. The van der Waals surface area contributed by atoms with Gasteiger partial charge in [-0.25, -0.2) is 4.68 Å². The van der Waals surface area contributed by atoms with Gasteiger partial charge in [0.05, 0.1) is 25.3 Å². The fourth-order valence-electron chi connectivity index (χ4n) is 4.40. The topological polar surface area (TPSA) is 67.9 Å².